The van der Waals surface area contributed by atoms with E-state index in [0.29, 0.717) is 28.7 Å². The van der Waals surface area contributed by atoms with Crippen LogP contribution in [0.2, 0.25) is 0 Å². The minimum absolute atomic E-state index is 0.379. The largest absolute Gasteiger partial charge is 0.305 e. The van der Waals surface area contributed by atoms with Crippen LogP contribution in [0.25, 0.3) is 0 Å². The number of carbonyl (C=O) groups is 1. The molecule has 0 aliphatic carbocycles. The lowest BCUT2D eigenvalue weighted by Gasteiger charge is -2.12. The molecule has 0 unspecified atom stereocenters. The number of rotatable bonds is 6. The van der Waals surface area contributed by atoms with E-state index >= 15 is 0 Å². The molecule has 2 nitrogen and oxygen atoms in total. The van der Waals surface area contributed by atoms with E-state index in [2.05, 4.69) is 19.7 Å². The van der Waals surface area contributed by atoms with E-state index in [1.807, 2.05) is 13.8 Å². The molecular weight excluding hydrogens is 210 g/mol. The molecule has 17 heavy (non-hydrogen) atoms. The van der Waals surface area contributed by atoms with Gasteiger partial charge in [-0.25, -0.2) is 0 Å². The van der Waals surface area contributed by atoms with Crippen molar-refractivity contribution in [2.24, 2.45) is 0 Å². The Hall–Kier alpha value is -1.96. The summed E-state index contributed by atoms with van der Waals surface area (Å²) in [6.45, 7) is 16.9. The highest BCUT2D eigenvalue weighted by Crippen LogP contribution is 2.21. The Morgan fingerprint density at radius 1 is 1.06 bits per heavy atom. The van der Waals surface area contributed by atoms with Gasteiger partial charge in [0.15, 0.2) is 0 Å². The van der Waals surface area contributed by atoms with Gasteiger partial charge >= 0.3 is 0 Å². The smallest absolute Gasteiger partial charge is 0.149 e. The highest BCUT2D eigenvalue weighted by atomic mass is 16.1. The first kappa shape index (κ1) is 15.0. The third-order valence-corrected chi connectivity index (χ3v) is 2.21. The second-order valence-electron chi connectivity index (χ2n) is 4.03. The van der Waals surface area contributed by atoms with E-state index in [1.165, 1.54) is 0 Å². The number of aldehydes is 1. The van der Waals surface area contributed by atoms with Gasteiger partial charge in [0.2, 0.25) is 0 Å². The van der Waals surface area contributed by atoms with Crippen molar-refractivity contribution in [2.75, 3.05) is 0 Å². The van der Waals surface area contributed by atoms with Gasteiger partial charge in [0, 0.05) is 16.9 Å². The second kappa shape index (κ2) is 6.59. The van der Waals surface area contributed by atoms with Crippen LogP contribution in [0, 0.1) is 5.41 Å². The SMILES string of the molecule is C=C(C=O)/C=C\C(=C)C(=C)C(C(C)=N)=C(C)C. The van der Waals surface area contributed by atoms with Crippen molar-refractivity contribution in [3.05, 3.63) is 59.8 Å². The lowest BCUT2D eigenvalue weighted by molar-refractivity contribution is -0.104. The summed E-state index contributed by atoms with van der Waals surface area (Å²) < 4.78 is 0. The molecule has 0 bridgehead atoms. The summed E-state index contributed by atoms with van der Waals surface area (Å²) in [5, 5.41) is 7.70. The lowest BCUT2D eigenvalue weighted by atomic mass is 9.93. The lowest BCUT2D eigenvalue weighted by Crippen LogP contribution is -2.02. The van der Waals surface area contributed by atoms with E-state index in [-0.39, 0.29) is 0 Å². The Bertz CT molecular complexity index is 444. The average molecular weight is 229 g/mol. The highest BCUT2D eigenvalue weighted by molar-refractivity contribution is 6.01. The summed E-state index contributed by atoms with van der Waals surface area (Å²) in [5.41, 5.74) is 4.04. The molecule has 2 heteroatoms. The molecule has 1 N–H and O–H groups in total. The Balaban J connectivity index is 5.08. The van der Waals surface area contributed by atoms with Crippen LogP contribution in [-0.4, -0.2) is 12.0 Å². The first-order chi connectivity index (χ1) is 7.81. The molecule has 0 aromatic rings. The fraction of sp³-hybridized carbons (Fsp3) is 0.200. The maximum atomic E-state index is 10.4. The van der Waals surface area contributed by atoms with Gasteiger partial charge in [0.1, 0.15) is 6.29 Å². The van der Waals surface area contributed by atoms with Gasteiger partial charge in [0.05, 0.1) is 0 Å². The molecule has 0 rings (SSSR count). The molecule has 0 heterocycles. The molecule has 0 atom stereocenters. The number of hydrogen-bond donors (Lipinski definition) is 1. The molecule has 0 fully saturated rings. The predicted octanol–water partition coefficient (Wildman–Crippen LogP) is 3.79. The summed E-state index contributed by atoms with van der Waals surface area (Å²) in [5.74, 6) is 0. The van der Waals surface area contributed by atoms with Crippen molar-refractivity contribution in [3.63, 3.8) is 0 Å². The molecule has 0 aromatic heterocycles. The van der Waals surface area contributed by atoms with Crippen LogP contribution in [-0.2, 0) is 4.79 Å². The third kappa shape index (κ3) is 4.60. The third-order valence-electron chi connectivity index (χ3n) is 2.21. The Morgan fingerprint density at radius 2 is 1.59 bits per heavy atom. The molecule has 0 saturated heterocycles. The normalized spacial score (nSPS) is 9.82. The van der Waals surface area contributed by atoms with Crippen molar-refractivity contribution < 1.29 is 4.79 Å². The molecule has 90 valence electrons. The first-order valence-electron chi connectivity index (χ1n) is 5.25. The first-order valence-corrected chi connectivity index (χ1v) is 5.25. The minimum Gasteiger partial charge on any atom is -0.305 e. The molecule has 0 aliphatic heterocycles. The van der Waals surface area contributed by atoms with Crippen molar-refractivity contribution in [1.82, 2.24) is 0 Å². The van der Waals surface area contributed by atoms with Crippen LogP contribution >= 0.6 is 0 Å². The van der Waals surface area contributed by atoms with Gasteiger partial charge in [-0.1, -0.05) is 37.5 Å². The summed E-state index contributed by atoms with van der Waals surface area (Å²) in [6, 6.07) is 0. The van der Waals surface area contributed by atoms with Gasteiger partial charge in [0.25, 0.3) is 0 Å². The predicted molar refractivity (Wildman–Crippen MR) is 74.4 cm³/mol. The quantitative estimate of drug-likeness (QED) is 0.320. The summed E-state index contributed by atoms with van der Waals surface area (Å²) in [6.07, 6.45) is 3.95. The number of carbonyl (C=O) groups excluding carboxylic acids is 1. The van der Waals surface area contributed by atoms with Crippen LogP contribution in [0.3, 0.4) is 0 Å². The summed E-state index contributed by atoms with van der Waals surface area (Å²) in [7, 11) is 0. The maximum absolute atomic E-state index is 10.4. The molecular formula is C15H19NO. The van der Waals surface area contributed by atoms with Crippen molar-refractivity contribution in [2.45, 2.75) is 20.8 Å². The molecule has 0 aromatic carbocycles. The fourth-order valence-electron chi connectivity index (χ4n) is 1.41. The zero-order valence-electron chi connectivity index (χ0n) is 10.8. The van der Waals surface area contributed by atoms with Gasteiger partial charge in [-0.2, -0.15) is 0 Å². The van der Waals surface area contributed by atoms with E-state index < -0.39 is 0 Å². The Kier molecular flexibility index (Phi) is 5.83. The number of allylic oxidation sites excluding steroid dienone is 7. The van der Waals surface area contributed by atoms with Crippen molar-refractivity contribution in [1.29, 1.82) is 5.41 Å². The maximum Gasteiger partial charge on any atom is 0.149 e. The summed E-state index contributed by atoms with van der Waals surface area (Å²) in [4.78, 5) is 10.4. The summed E-state index contributed by atoms with van der Waals surface area (Å²) >= 11 is 0. The van der Waals surface area contributed by atoms with Crippen LogP contribution < -0.4 is 0 Å². The highest BCUT2D eigenvalue weighted by Gasteiger charge is 2.08. The van der Waals surface area contributed by atoms with Crippen molar-refractivity contribution >= 4 is 12.0 Å². The number of nitrogens with one attached hydrogen (secondary N) is 1. The van der Waals surface area contributed by atoms with E-state index in [0.717, 1.165) is 11.1 Å². The van der Waals surface area contributed by atoms with Crippen molar-refractivity contribution in [3.8, 4) is 0 Å². The zero-order chi connectivity index (χ0) is 13.6. The average Bonchev–Trinajstić information content (AvgIpc) is 2.23. The van der Waals surface area contributed by atoms with Crippen LogP contribution in [0.4, 0.5) is 0 Å². The Morgan fingerprint density at radius 3 is 1.94 bits per heavy atom. The molecule has 0 amide bonds. The fourth-order valence-corrected chi connectivity index (χ4v) is 1.41. The van der Waals surface area contributed by atoms with E-state index in [4.69, 9.17) is 5.41 Å². The van der Waals surface area contributed by atoms with Gasteiger partial charge in [-0.05, 0) is 31.9 Å². The van der Waals surface area contributed by atoms with E-state index in [9.17, 15) is 4.79 Å². The monoisotopic (exact) mass is 229 g/mol. The van der Waals surface area contributed by atoms with Crippen LogP contribution in [0.1, 0.15) is 20.8 Å². The molecule has 0 saturated carbocycles. The van der Waals surface area contributed by atoms with Gasteiger partial charge in [-0.3, -0.25) is 4.79 Å². The van der Waals surface area contributed by atoms with Gasteiger partial charge in [-0.15, -0.1) is 0 Å². The van der Waals surface area contributed by atoms with Gasteiger partial charge < -0.3 is 5.41 Å². The van der Waals surface area contributed by atoms with Crippen LogP contribution in [0.5, 0.6) is 0 Å². The topological polar surface area (TPSA) is 40.9 Å². The standard InChI is InChI=1S/C15H19NO/c1-10(2)15(14(6)16)13(5)12(4)8-7-11(3)9-17/h7-9,16H,3-5H2,1-2,6H3/b8-7-,16-14?. The Labute approximate surface area is 103 Å². The molecule has 0 spiro atoms. The second-order valence-corrected chi connectivity index (χ2v) is 4.03. The zero-order valence-corrected chi connectivity index (χ0v) is 10.8. The van der Waals surface area contributed by atoms with Crippen LogP contribution in [0.15, 0.2) is 59.8 Å². The molecule has 0 aliphatic rings. The number of hydrogen-bond acceptors (Lipinski definition) is 2. The minimum atomic E-state index is 0.379. The molecule has 0 radical (unpaired) electrons. The van der Waals surface area contributed by atoms with E-state index in [1.54, 1.807) is 19.1 Å².